The third-order valence-corrected chi connectivity index (χ3v) is 11.7. The van der Waals surface area contributed by atoms with E-state index >= 15 is 0 Å². The summed E-state index contributed by atoms with van der Waals surface area (Å²) in [5.74, 6) is 0.299. The van der Waals surface area contributed by atoms with Crippen molar-refractivity contribution in [2.75, 3.05) is 0 Å². The monoisotopic (exact) mass is 586 g/mol. The van der Waals surface area contributed by atoms with Crippen molar-refractivity contribution in [1.29, 1.82) is 0 Å². The van der Waals surface area contributed by atoms with E-state index in [0.29, 0.717) is 13.1 Å². The summed E-state index contributed by atoms with van der Waals surface area (Å²) in [5, 5.41) is 28.4. The van der Waals surface area contributed by atoms with Crippen molar-refractivity contribution >= 4 is 12.2 Å². The van der Waals surface area contributed by atoms with E-state index in [1.54, 1.807) is 9.80 Å². The van der Waals surface area contributed by atoms with E-state index in [1.165, 1.54) is 0 Å². The molecule has 42 heavy (non-hydrogen) atoms. The summed E-state index contributed by atoms with van der Waals surface area (Å²) in [4.78, 5) is 28.5. The van der Waals surface area contributed by atoms with E-state index in [-0.39, 0.29) is 46.1 Å². The zero-order valence-corrected chi connectivity index (χ0v) is 27.9. The Morgan fingerprint density at radius 2 is 1.00 bits per heavy atom. The predicted molar refractivity (Wildman–Crippen MR) is 170 cm³/mol. The number of amides is 2. The molecule has 0 saturated carbocycles. The average Bonchev–Trinajstić information content (AvgIpc) is 2.95. The highest BCUT2D eigenvalue weighted by Gasteiger charge is 2.50. The maximum atomic E-state index is 12.6. The first-order valence-electron chi connectivity index (χ1n) is 16.1. The third kappa shape index (κ3) is 6.91. The number of hydrogen-bond acceptors (Lipinski definition) is 4. The van der Waals surface area contributed by atoms with E-state index in [1.807, 2.05) is 24.3 Å². The number of nitrogens with zero attached hydrogens (tertiary/aromatic N) is 2. The molecule has 0 aromatic heterocycles. The summed E-state index contributed by atoms with van der Waals surface area (Å²) < 4.78 is 0. The van der Waals surface area contributed by atoms with Gasteiger partial charge in [-0.25, -0.2) is 9.59 Å². The lowest BCUT2D eigenvalue weighted by atomic mass is 9.68. The van der Waals surface area contributed by atoms with Crippen molar-refractivity contribution in [3.05, 3.63) is 35.4 Å². The number of hydrogen-bond donors (Lipinski definition) is 4. The molecule has 8 heteroatoms. The second-order valence-electron chi connectivity index (χ2n) is 14.4. The van der Waals surface area contributed by atoms with Gasteiger partial charge in [0.2, 0.25) is 0 Å². The van der Waals surface area contributed by atoms with Gasteiger partial charge in [-0.1, -0.05) is 65.8 Å². The maximum Gasteiger partial charge on any atom is 0.407 e. The van der Waals surface area contributed by atoms with Gasteiger partial charge >= 0.3 is 12.2 Å². The summed E-state index contributed by atoms with van der Waals surface area (Å²) in [5.41, 5.74) is 1.26. The molecule has 2 heterocycles. The molecule has 2 saturated heterocycles. The Bertz CT molecular complexity index is 1010. The first kappa shape index (κ1) is 34.2. The minimum Gasteiger partial charge on any atom is -0.465 e. The van der Waals surface area contributed by atoms with Gasteiger partial charge in [0.05, 0.1) is 0 Å². The normalized spacial score (nSPS) is 36.8. The zero-order chi connectivity index (χ0) is 31.7. The predicted octanol–water partition coefficient (Wildman–Crippen LogP) is 7.32. The van der Waals surface area contributed by atoms with E-state index in [2.05, 4.69) is 79.9 Å². The molecule has 0 bridgehead atoms. The molecule has 0 radical (unpaired) electrons. The topological polar surface area (TPSA) is 105 Å². The lowest BCUT2D eigenvalue weighted by Gasteiger charge is -2.55. The van der Waals surface area contributed by atoms with Gasteiger partial charge in [0.15, 0.2) is 0 Å². The van der Waals surface area contributed by atoms with Crippen LogP contribution >= 0.6 is 0 Å². The second kappa shape index (κ2) is 12.7. The van der Waals surface area contributed by atoms with E-state index in [4.69, 9.17) is 0 Å². The Balaban J connectivity index is 1.83. The molecule has 238 valence electrons. The van der Waals surface area contributed by atoms with Gasteiger partial charge in [0.1, 0.15) is 0 Å². The highest BCUT2D eigenvalue weighted by atomic mass is 16.4. The van der Waals surface area contributed by atoms with Crippen LogP contribution in [0.15, 0.2) is 24.3 Å². The first-order chi connectivity index (χ1) is 19.5. The largest absolute Gasteiger partial charge is 0.465 e. The summed E-state index contributed by atoms with van der Waals surface area (Å²) in [6.45, 7) is 22.5. The van der Waals surface area contributed by atoms with Gasteiger partial charge in [0.25, 0.3) is 0 Å². The Morgan fingerprint density at radius 3 is 1.24 bits per heavy atom. The zero-order valence-electron chi connectivity index (χ0n) is 27.9. The quantitative estimate of drug-likeness (QED) is 0.229. The van der Waals surface area contributed by atoms with Crippen molar-refractivity contribution in [2.45, 2.75) is 155 Å². The Labute approximate surface area is 254 Å². The lowest BCUT2D eigenvalue weighted by molar-refractivity contribution is 0.000494. The summed E-state index contributed by atoms with van der Waals surface area (Å²) in [7, 11) is 0. The van der Waals surface area contributed by atoms with Crippen LogP contribution in [0.1, 0.15) is 119 Å². The number of piperidine rings is 2. The highest BCUT2D eigenvalue weighted by molar-refractivity contribution is 5.66. The SMILES string of the molecule is CCC1(C)CC(N(Cc2ccc(CN(C(=O)O)C3CC(C)(CC)NC(C)(CC)C3C)cc2)C(=O)O)C(C)C(C)(CC)N1. The molecule has 0 aliphatic carbocycles. The molecule has 1 aromatic carbocycles. The Kier molecular flexibility index (Phi) is 10.4. The van der Waals surface area contributed by atoms with Crippen LogP contribution in [-0.4, -0.2) is 66.4 Å². The minimum atomic E-state index is -0.898. The molecule has 4 N–H and O–H groups in total. The Hall–Kier alpha value is -2.32. The van der Waals surface area contributed by atoms with Gasteiger partial charge < -0.3 is 30.6 Å². The molecular weight excluding hydrogens is 528 g/mol. The van der Waals surface area contributed by atoms with Crippen molar-refractivity contribution in [3.8, 4) is 0 Å². The lowest BCUT2D eigenvalue weighted by Crippen LogP contribution is -2.68. The summed E-state index contributed by atoms with van der Waals surface area (Å²) >= 11 is 0. The average molecular weight is 587 g/mol. The van der Waals surface area contributed by atoms with E-state index in [0.717, 1.165) is 49.7 Å². The molecule has 8 unspecified atom stereocenters. The molecule has 2 fully saturated rings. The first-order valence-corrected chi connectivity index (χ1v) is 16.1. The number of carbonyl (C=O) groups is 2. The molecule has 1 aromatic rings. The van der Waals surface area contributed by atoms with Crippen molar-refractivity contribution < 1.29 is 19.8 Å². The minimum absolute atomic E-state index is 0.108. The van der Waals surface area contributed by atoms with Crippen LogP contribution in [0.4, 0.5) is 9.59 Å². The molecule has 2 amide bonds. The molecule has 0 spiro atoms. The van der Waals surface area contributed by atoms with E-state index < -0.39 is 12.2 Å². The summed E-state index contributed by atoms with van der Waals surface area (Å²) in [6.07, 6.45) is 3.44. The van der Waals surface area contributed by atoms with Gasteiger partial charge in [-0.3, -0.25) is 0 Å². The number of carboxylic acid groups (broad SMARTS) is 2. The van der Waals surface area contributed by atoms with Crippen LogP contribution in [-0.2, 0) is 13.1 Å². The molecule has 3 rings (SSSR count). The van der Waals surface area contributed by atoms with Crippen LogP contribution < -0.4 is 10.6 Å². The number of benzene rings is 1. The van der Waals surface area contributed by atoms with Crippen molar-refractivity contribution in [3.63, 3.8) is 0 Å². The van der Waals surface area contributed by atoms with Crippen LogP contribution in [0.3, 0.4) is 0 Å². The molecule has 8 atom stereocenters. The number of nitrogens with one attached hydrogen (secondary N) is 2. The molecule has 8 nitrogen and oxygen atoms in total. The van der Waals surface area contributed by atoms with Gasteiger partial charge in [0, 0.05) is 47.3 Å². The van der Waals surface area contributed by atoms with Crippen molar-refractivity contribution in [2.24, 2.45) is 11.8 Å². The standard InChI is InChI=1S/C34H58N4O4/c1-11-31(7)19-27(23(5)33(9,13-3)35-31)37(29(39)40)21-25-15-17-26(18-16-25)22-38(30(41)42)28-20-32(8,12-2)36-34(10,14-4)24(28)6/h15-18,23-24,27-28,35-36H,11-14,19-22H2,1-10H3,(H,39,40)(H,41,42). The number of rotatable bonds is 10. The van der Waals surface area contributed by atoms with Crippen molar-refractivity contribution in [1.82, 2.24) is 20.4 Å². The fourth-order valence-corrected chi connectivity index (χ4v) is 7.68. The molecule has 2 aliphatic rings. The van der Waals surface area contributed by atoms with Gasteiger partial charge in [-0.2, -0.15) is 0 Å². The molecule has 2 aliphatic heterocycles. The van der Waals surface area contributed by atoms with Crippen LogP contribution in [0, 0.1) is 11.8 Å². The fraction of sp³-hybridized carbons (Fsp3) is 0.765. The maximum absolute atomic E-state index is 12.6. The highest BCUT2D eigenvalue weighted by Crippen LogP contribution is 2.41. The van der Waals surface area contributed by atoms with Crippen LogP contribution in [0.25, 0.3) is 0 Å². The smallest absolute Gasteiger partial charge is 0.407 e. The van der Waals surface area contributed by atoms with E-state index in [9.17, 15) is 19.8 Å². The summed E-state index contributed by atoms with van der Waals surface area (Å²) in [6, 6.07) is 7.65. The van der Waals surface area contributed by atoms with Gasteiger partial charge in [-0.15, -0.1) is 0 Å². The van der Waals surface area contributed by atoms with Gasteiger partial charge in [-0.05, 0) is 89.2 Å². The third-order valence-electron chi connectivity index (χ3n) is 11.7. The fourth-order valence-electron chi connectivity index (χ4n) is 7.68. The molecular formula is C34H58N4O4. The Morgan fingerprint density at radius 1 is 0.690 bits per heavy atom. The van der Waals surface area contributed by atoms with Crippen LogP contribution in [0.5, 0.6) is 0 Å². The second-order valence-corrected chi connectivity index (χ2v) is 14.4. The van der Waals surface area contributed by atoms with Crippen LogP contribution in [0.2, 0.25) is 0 Å².